The lowest BCUT2D eigenvalue weighted by Gasteiger charge is -2.28. The van der Waals surface area contributed by atoms with E-state index in [1.165, 1.54) is 6.08 Å². The van der Waals surface area contributed by atoms with E-state index < -0.39 is 0 Å². The summed E-state index contributed by atoms with van der Waals surface area (Å²) in [7, 11) is 1.56. The summed E-state index contributed by atoms with van der Waals surface area (Å²) in [6.07, 6.45) is 3.05. The first-order chi connectivity index (χ1) is 14.1. The van der Waals surface area contributed by atoms with Gasteiger partial charge in [0.15, 0.2) is 11.3 Å². The van der Waals surface area contributed by atoms with Gasteiger partial charge in [0.25, 0.3) is 0 Å². The molecule has 1 aliphatic rings. The zero-order valence-electron chi connectivity index (χ0n) is 16.0. The summed E-state index contributed by atoms with van der Waals surface area (Å²) in [5, 5.41) is 4.22. The maximum atomic E-state index is 12.3. The average Bonchev–Trinajstić information content (AvgIpc) is 3.15. The Labute approximate surface area is 173 Å². The Morgan fingerprint density at radius 2 is 1.93 bits per heavy atom. The van der Waals surface area contributed by atoms with Crippen LogP contribution >= 0.6 is 11.6 Å². The summed E-state index contributed by atoms with van der Waals surface area (Å²) in [6.45, 7) is 3.23. The van der Waals surface area contributed by atoms with Gasteiger partial charge in [-0.2, -0.15) is 0 Å². The zero-order chi connectivity index (χ0) is 20.2. The third-order valence-electron chi connectivity index (χ3n) is 4.70. The SMILES string of the molecule is COc1cc(Cl)cc2cc(C=CC(=O)Nc3ccc(N4CCOCC4)cc3)oc12. The maximum Gasteiger partial charge on any atom is 0.248 e. The minimum absolute atomic E-state index is 0.241. The van der Waals surface area contributed by atoms with Crippen molar-refractivity contribution in [2.24, 2.45) is 0 Å². The number of hydrogen-bond acceptors (Lipinski definition) is 5. The van der Waals surface area contributed by atoms with Gasteiger partial charge in [-0.15, -0.1) is 0 Å². The lowest BCUT2D eigenvalue weighted by Crippen LogP contribution is -2.36. The van der Waals surface area contributed by atoms with Crippen LogP contribution in [0.3, 0.4) is 0 Å². The van der Waals surface area contributed by atoms with E-state index in [-0.39, 0.29) is 5.91 Å². The molecule has 2 heterocycles. The predicted octanol–water partition coefficient (Wildman–Crippen LogP) is 4.58. The van der Waals surface area contributed by atoms with Crippen LogP contribution in [0.5, 0.6) is 5.75 Å². The Hall–Kier alpha value is -2.96. The van der Waals surface area contributed by atoms with Crippen molar-refractivity contribution in [2.75, 3.05) is 43.6 Å². The number of carbonyl (C=O) groups is 1. The van der Waals surface area contributed by atoms with Crippen molar-refractivity contribution >= 4 is 45.9 Å². The van der Waals surface area contributed by atoms with Crippen LogP contribution in [-0.2, 0) is 9.53 Å². The average molecular weight is 413 g/mol. The molecule has 0 saturated carbocycles. The number of methoxy groups -OCH3 is 1. The summed E-state index contributed by atoms with van der Waals surface area (Å²) in [4.78, 5) is 14.5. The van der Waals surface area contributed by atoms with E-state index in [2.05, 4.69) is 10.2 Å². The third kappa shape index (κ3) is 4.55. The Bertz CT molecular complexity index is 1040. The Kier molecular flexibility index (Phi) is 5.74. The second-order valence-corrected chi connectivity index (χ2v) is 7.08. The highest BCUT2D eigenvalue weighted by Gasteiger charge is 2.11. The zero-order valence-corrected chi connectivity index (χ0v) is 16.7. The minimum atomic E-state index is -0.241. The van der Waals surface area contributed by atoms with Gasteiger partial charge in [0, 0.05) is 47.0 Å². The molecular formula is C22H21ClN2O4. The fraction of sp³-hybridized carbons (Fsp3) is 0.227. The first-order valence-electron chi connectivity index (χ1n) is 9.31. The molecule has 1 amide bonds. The van der Waals surface area contributed by atoms with E-state index >= 15 is 0 Å². The number of halogens is 1. The van der Waals surface area contributed by atoms with E-state index in [0.29, 0.717) is 22.1 Å². The molecule has 0 unspecified atom stereocenters. The summed E-state index contributed by atoms with van der Waals surface area (Å²) < 4.78 is 16.4. The van der Waals surface area contributed by atoms with Crippen LogP contribution in [0.4, 0.5) is 11.4 Å². The van der Waals surface area contributed by atoms with Gasteiger partial charge in [0.1, 0.15) is 5.76 Å². The fourth-order valence-electron chi connectivity index (χ4n) is 3.26. The number of nitrogens with one attached hydrogen (secondary N) is 1. The highest BCUT2D eigenvalue weighted by Crippen LogP contribution is 2.32. The number of morpholine rings is 1. The van der Waals surface area contributed by atoms with Gasteiger partial charge >= 0.3 is 0 Å². The summed E-state index contributed by atoms with van der Waals surface area (Å²) >= 11 is 6.08. The number of ether oxygens (including phenoxy) is 2. The number of rotatable bonds is 5. The van der Waals surface area contributed by atoms with Gasteiger partial charge in [-0.1, -0.05) is 11.6 Å². The van der Waals surface area contributed by atoms with E-state index in [1.54, 1.807) is 25.3 Å². The first-order valence-corrected chi connectivity index (χ1v) is 9.69. The Morgan fingerprint density at radius 3 is 2.66 bits per heavy atom. The molecule has 0 aliphatic carbocycles. The number of amides is 1. The summed E-state index contributed by atoms with van der Waals surface area (Å²) in [5.74, 6) is 0.852. The molecule has 1 aliphatic heterocycles. The minimum Gasteiger partial charge on any atom is -0.493 e. The molecule has 1 aromatic heterocycles. The summed E-state index contributed by atoms with van der Waals surface area (Å²) in [6, 6.07) is 13.1. The van der Waals surface area contributed by atoms with Crippen LogP contribution in [0.2, 0.25) is 5.02 Å². The quantitative estimate of drug-likeness (QED) is 0.621. The number of fused-ring (bicyclic) bond motifs is 1. The Balaban J connectivity index is 1.41. The molecule has 1 saturated heterocycles. The molecule has 0 bridgehead atoms. The van der Waals surface area contributed by atoms with E-state index in [1.807, 2.05) is 30.3 Å². The van der Waals surface area contributed by atoms with Gasteiger partial charge in [-0.25, -0.2) is 0 Å². The molecule has 0 radical (unpaired) electrons. The van der Waals surface area contributed by atoms with Crippen molar-refractivity contribution in [3.63, 3.8) is 0 Å². The van der Waals surface area contributed by atoms with Gasteiger partial charge in [0.2, 0.25) is 5.91 Å². The van der Waals surface area contributed by atoms with Crippen molar-refractivity contribution in [2.45, 2.75) is 0 Å². The number of benzene rings is 2. The van der Waals surface area contributed by atoms with Crippen molar-refractivity contribution < 1.29 is 18.7 Å². The van der Waals surface area contributed by atoms with Crippen LogP contribution < -0.4 is 15.0 Å². The van der Waals surface area contributed by atoms with Gasteiger partial charge in [-0.3, -0.25) is 4.79 Å². The lowest BCUT2D eigenvalue weighted by molar-refractivity contribution is -0.111. The van der Waals surface area contributed by atoms with Crippen molar-refractivity contribution in [1.82, 2.24) is 0 Å². The second-order valence-electron chi connectivity index (χ2n) is 6.64. The van der Waals surface area contributed by atoms with Gasteiger partial charge in [-0.05, 0) is 42.5 Å². The molecule has 7 heteroatoms. The van der Waals surface area contributed by atoms with Crippen LogP contribution in [-0.4, -0.2) is 39.3 Å². The number of furan rings is 1. The van der Waals surface area contributed by atoms with Crippen molar-refractivity contribution in [3.8, 4) is 5.75 Å². The summed E-state index contributed by atoms with van der Waals surface area (Å²) in [5.41, 5.74) is 2.45. The van der Waals surface area contributed by atoms with Crippen LogP contribution in [0.15, 0.2) is 53.0 Å². The fourth-order valence-corrected chi connectivity index (χ4v) is 3.48. The highest BCUT2D eigenvalue weighted by atomic mass is 35.5. The van der Waals surface area contributed by atoms with Gasteiger partial charge in [0.05, 0.1) is 20.3 Å². The molecular weight excluding hydrogens is 392 g/mol. The normalized spacial score (nSPS) is 14.5. The van der Waals surface area contributed by atoms with E-state index in [0.717, 1.165) is 43.1 Å². The molecule has 6 nitrogen and oxygen atoms in total. The predicted molar refractivity (Wildman–Crippen MR) is 115 cm³/mol. The van der Waals surface area contributed by atoms with Crippen LogP contribution in [0.1, 0.15) is 5.76 Å². The van der Waals surface area contributed by atoms with Gasteiger partial charge < -0.3 is 24.1 Å². The smallest absolute Gasteiger partial charge is 0.248 e. The molecule has 1 fully saturated rings. The largest absolute Gasteiger partial charge is 0.493 e. The van der Waals surface area contributed by atoms with Crippen molar-refractivity contribution in [3.05, 3.63) is 59.3 Å². The van der Waals surface area contributed by atoms with Crippen LogP contribution in [0, 0.1) is 0 Å². The monoisotopic (exact) mass is 412 g/mol. The number of hydrogen-bond donors (Lipinski definition) is 1. The second kappa shape index (κ2) is 8.59. The Morgan fingerprint density at radius 1 is 1.17 bits per heavy atom. The van der Waals surface area contributed by atoms with E-state index in [9.17, 15) is 4.79 Å². The molecule has 1 N–H and O–H groups in total. The molecule has 150 valence electrons. The first kappa shape index (κ1) is 19.4. The molecule has 0 spiro atoms. The molecule has 29 heavy (non-hydrogen) atoms. The number of anilines is 2. The number of nitrogens with zero attached hydrogens (tertiary/aromatic N) is 1. The molecule has 2 aromatic carbocycles. The topological polar surface area (TPSA) is 63.9 Å². The maximum absolute atomic E-state index is 12.3. The standard InChI is InChI=1S/C22H21ClN2O4/c1-27-20-14-16(23)12-15-13-19(29-22(15)20)6-7-21(26)24-17-2-4-18(5-3-17)25-8-10-28-11-9-25/h2-7,12-14H,8-11H2,1H3,(H,24,26). The third-order valence-corrected chi connectivity index (χ3v) is 4.91. The number of carbonyl (C=O) groups excluding carboxylic acids is 1. The van der Waals surface area contributed by atoms with Crippen molar-refractivity contribution in [1.29, 1.82) is 0 Å². The molecule has 3 aromatic rings. The lowest BCUT2D eigenvalue weighted by atomic mass is 10.2. The van der Waals surface area contributed by atoms with E-state index in [4.69, 9.17) is 25.5 Å². The molecule has 4 rings (SSSR count). The molecule has 0 atom stereocenters. The van der Waals surface area contributed by atoms with Crippen LogP contribution in [0.25, 0.3) is 17.0 Å². The highest BCUT2D eigenvalue weighted by molar-refractivity contribution is 6.31.